The Balaban J connectivity index is 1.55. The molecular weight excluding hydrogens is 387 g/mol. The minimum absolute atomic E-state index is 0.107. The number of rotatable bonds is 6. The topological polar surface area (TPSA) is 48.0 Å². The lowest BCUT2D eigenvalue weighted by Gasteiger charge is -2.33. The van der Waals surface area contributed by atoms with Crippen LogP contribution in [0.5, 0.6) is 11.5 Å². The van der Waals surface area contributed by atoms with Gasteiger partial charge in [-0.3, -0.25) is 4.79 Å². The van der Waals surface area contributed by atoms with Crippen LogP contribution in [0, 0.1) is 0 Å². The molecule has 8 heteroatoms. The normalized spacial score (nSPS) is 17.1. The van der Waals surface area contributed by atoms with E-state index in [0.29, 0.717) is 24.4 Å². The number of hydrogen-bond acceptors (Lipinski definition) is 4. The minimum Gasteiger partial charge on any atom is -0.496 e. The lowest BCUT2D eigenvalue weighted by molar-refractivity contribution is -0.274. The second-order valence-electron chi connectivity index (χ2n) is 6.72. The molecule has 0 aliphatic carbocycles. The summed E-state index contributed by atoms with van der Waals surface area (Å²) in [7, 11) is 1.53. The first-order chi connectivity index (χ1) is 13.9. The predicted octanol–water partition coefficient (Wildman–Crippen LogP) is 4.42. The molecule has 1 amide bonds. The summed E-state index contributed by atoms with van der Waals surface area (Å²) in [4.78, 5) is 14.6. The molecule has 2 aromatic rings. The van der Waals surface area contributed by atoms with Crippen LogP contribution in [0.15, 0.2) is 48.5 Å². The maximum absolute atomic E-state index is 12.8. The van der Waals surface area contributed by atoms with Crippen LogP contribution in [0.3, 0.4) is 0 Å². The molecule has 0 saturated carbocycles. The quantitative estimate of drug-likeness (QED) is 0.709. The van der Waals surface area contributed by atoms with E-state index < -0.39 is 6.36 Å². The van der Waals surface area contributed by atoms with Crippen LogP contribution in [0.1, 0.15) is 28.8 Å². The highest BCUT2D eigenvalue weighted by Gasteiger charge is 2.31. The Labute approximate surface area is 167 Å². The van der Waals surface area contributed by atoms with E-state index in [1.54, 1.807) is 23.1 Å². The molecule has 1 fully saturated rings. The molecule has 0 N–H and O–H groups in total. The zero-order valence-electron chi connectivity index (χ0n) is 15.9. The fraction of sp³-hybridized carbons (Fsp3) is 0.381. The fourth-order valence-electron chi connectivity index (χ4n) is 3.25. The summed E-state index contributed by atoms with van der Waals surface area (Å²) in [6.45, 7) is 1.33. The maximum Gasteiger partial charge on any atom is 0.573 e. The number of halogens is 3. The minimum atomic E-state index is -4.71. The number of alkyl halides is 3. The number of benzene rings is 2. The smallest absolute Gasteiger partial charge is 0.496 e. The number of para-hydroxylation sites is 1. The SMILES string of the molecule is COc1ccccc1C(=O)N1CCCC(OCc2ccc(OC(F)(F)F)cc2)C1. The number of likely N-dealkylation sites (tertiary alicyclic amines) is 1. The van der Waals surface area contributed by atoms with Crippen molar-refractivity contribution in [3.05, 3.63) is 59.7 Å². The highest BCUT2D eigenvalue weighted by Crippen LogP contribution is 2.25. The van der Waals surface area contributed by atoms with Crippen LogP contribution < -0.4 is 9.47 Å². The largest absolute Gasteiger partial charge is 0.573 e. The van der Waals surface area contributed by atoms with Crippen LogP contribution in [-0.4, -0.2) is 43.5 Å². The number of nitrogens with zero attached hydrogens (tertiary/aromatic N) is 1. The van der Waals surface area contributed by atoms with Crippen molar-refractivity contribution in [2.75, 3.05) is 20.2 Å². The van der Waals surface area contributed by atoms with Gasteiger partial charge in [-0.05, 0) is 42.7 Å². The summed E-state index contributed by atoms with van der Waals surface area (Å²) in [6.07, 6.45) is -3.24. The fourth-order valence-corrected chi connectivity index (χ4v) is 3.25. The van der Waals surface area contributed by atoms with E-state index in [0.717, 1.165) is 18.4 Å². The summed E-state index contributed by atoms with van der Waals surface area (Å²) in [5.41, 5.74) is 1.24. The van der Waals surface area contributed by atoms with Gasteiger partial charge < -0.3 is 19.1 Å². The molecule has 5 nitrogen and oxygen atoms in total. The molecule has 0 bridgehead atoms. The molecule has 1 atom stereocenters. The lowest BCUT2D eigenvalue weighted by Crippen LogP contribution is -2.43. The van der Waals surface area contributed by atoms with Gasteiger partial charge in [0.05, 0.1) is 25.4 Å². The molecule has 29 heavy (non-hydrogen) atoms. The van der Waals surface area contributed by atoms with E-state index >= 15 is 0 Å². The van der Waals surface area contributed by atoms with Gasteiger partial charge in [-0.1, -0.05) is 24.3 Å². The lowest BCUT2D eigenvalue weighted by atomic mass is 10.1. The highest BCUT2D eigenvalue weighted by molar-refractivity contribution is 5.97. The van der Waals surface area contributed by atoms with Crippen LogP contribution in [0.4, 0.5) is 13.2 Å². The van der Waals surface area contributed by atoms with Crippen molar-refractivity contribution in [2.45, 2.75) is 31.9 Å². The van der Waals surface area contributed by atoms with Crippen molar-refractivity contribution in [3.63, 3.8) is 0 Å². The summed E-state index contributed by atoms with van der Waals surface area (Å²) < 4.78 is 51.7. The molecule has 0 radical (unpaired) electrons. The van der Waals surface area contributed by atoms with Gasteiger partial charge in [0.1, 0.15) is 11.5 Å². The van der Waals surface area contributed by atoms with Crippen LogP contribution in [0.25, 0.3) is 0 Å². The van der Waals surface area contributed by atoms with Crippen molar-refractivity contribution < 1.29 is 32.2 Å². The number of piperidine rings is 1. The zero-order valence-corrected chi connectivity index (χ0v) is 15.9. The van der Waals surface area contributed by atoms with Gasteiger partial charge >= 0.3 is 6.36 Å². The van der Waals surface area contributed by atoms with Gasteiger partial charge in [-0.25, -0.2) is 0 Å². The molecule has 2 aromatic carbocycles. The third-order valence-corrected chi connectivity index (χ3v) is 4.65. The van der Waals surface area contributed by atoms with E-state index in [2.05, 4.69) is 4.74 Å². The predicted molar refractivity (Wildman–Crippen MR) is 99.8 cm³/mol. The zero-order chi connectivity index (χ0) is 20.9. The number of methoxy groups -OCH3 is 1. The first-order valence-corrected chi connectivity index (χ1v) is 9.24. The molecular formula is C21H22F3NO4. The highest BCUT2D eigenvalue weighted by atomic mass is 19.4. The van der Waals surface area contributed by atoms with E-state index in [1.807, 2.05) is 6.07 Å². The Morgan fingerprint density at radius 3 is 2.55 bits per heavy atom. The van der Waals surface area contributed by atoms with Crippen molar-refractivity contribution in [1.82, 2.24) is 4.90 Å². The number of amides is 1. The molecule has 1 saturated heterocycles. The van der Waals surface area contributed by atoms with E-state index in [1.165, 1.54) is 31.4 Å². The number of carbonyl (C=O) groups is 1. The molecule has 3 rings (SSSR count). The Kier molecular flexibility index (Phi) is 6.64. The first-order valence-electron chi connectivity index (χ1n) is 9.24. The second-order valence-corrected chi connectivity index (χ2v) is 6.72. The van der Waals surface area contributed by atoms with Crippen molar-refractivity contribution in [1.29, 1.82) is 0 Å². The van der Waals surface area contributed by atoms with Crippen molar-refractivity contribution >= 4 is 5.91 Å². The monoisotopic (exact) mass is 409 g/mol. The van der Waals surface area contributed by atoms with Gasteiger partial charge in [0.2, 0.25) is 0 Å². The molecule has 0 spiro atoms. The van der Waals surface area contributed by atoms with Gasteiger partial charge in [0.15, 0.2) is 0 Å². The number of ether oxygens (including phenoxy) is 3. The molecule has 0 aromatic heterocycles. The van der Waals surface area contributed by atoms with Crippen LogP contribution in [-0.2, 0) is 11.3 Å². The maximum atomic E-state index is 12.8. The Bertz CT molecular complexity index is 823. The van der Waals surface area contributed by atoms with Gasteiger partial charge in [-0.2, -0.15) is 0 Å². The standard InChI is InChI=1S/C21H22F3NO4/c1-27-19-7-3-2-6-18(19)20(26)25-12-4-5-17(13-25)28-14-15-8-10-16(11-9-15)29-21(22,23)24/h2-3,6-11,17H,4-5,12-14H2,1H3. The third-order valence-electron chi connectivity index (χ3n) is 4.65. The Hall–Kier alpha value is -2.74. The molecule has 1 aliphatic heterocycles. The average Bonchev–Trinajstić information content (AvgIpc) is 2.72. The summed E-state index contributed by atoms with van der Waals surface area (Å²) in [5, 5.41) is 0. The van der Waals surface area contributed by atoms with E-state index in [4.69, 9.17) is 9.47 Å². The van der Waals surface area contributed by atoms with E-state index in [-0.39, 0.29) is 24.4 Å². The number of carbonyl (C=O) groups excluding carboxylic acids is 1. The van der Waals surface area contributed by atoms with Gasteiger partial charge in [0, 0.05) is 13.1 Å². The van der Waals surface area contributed by atoms with Crippen LogP contribution in [0.2, 0.25) is 0 Å². The summed E-state index contributed by atoms with van der Waals surface area (Å²) in [6, 6.07) is 12.6. The van der Waals surface area contributed by atoms with Gasteiger partial charge in [0.25, 0.3) is 5.91 Å². The molecule has 156 valence electrons. The molecule has 1 unspecified atom stereocenters. The Morgan fingerprint density at radius 1 is 1.14 bits per heavy atom. The average molecular weight is 409 g/mol. The first kappa shape index (κ1) is 21.0. The van der Waals surface area contributed by atoms with Crippen molar-refractivity contribution in [3.8, 4) is 11.5 Å². The van der Waals surface area contributed by atoms with Crippen LogP contribution >= 0.6 is 0 Å². The number of hydrogen-bond donors (Lipinski definition) is 0. The van der Waals surface area contributed by atoms with Crippen molar-refractivity contribution in [2.24, 2.45) is 0 Å². The Morgan fingerprint density at radius 2 is 1.86 bits per heavy atom. The second kappa shape index (κ2) is 9.17. The molecule has 1 aliphatic rings. The summed E-state index contributed by atoms with van der Waals surface area (Å²) in [5.74, 6) is 0.151. The summed E-state index contributed by atoms with van der Waals surface area (Å²) >= 11 is 0. The third kappa shape index (κ3) is 5.87. The van der Waals surface area contributed by atoms with E-state index in [9.17, 15) is 18.0 Å². The molecule has 1 heterocycles. The van der Waals surface area contributed by atoms with Gasteiger partial charge in [-0.15, -0.1) is 13.2 Å².